The van der Waals surface area contributed by atoms with Crippen molar-refractivity contribution in [3.8, 4) is 0 Å². The summed E-state index contributed by atoms with van der Waals surface area (Å²) in [4.78, 5) is 14.5. The second-order valence-electron chi connectivity index (χ2n) is 14.5. The Balaban J connectivity index is 2.28. The second kappa shape index (κ2) is 37.6. The van der Waals surface area contributed by atoms with E-state index in [0.717, 1.165) is 51.6 Å². The van der Waals surface area contributed by atoms with Crippen molar-refractivity contribution in [1.82, 2.24) is 4.90 Å². The van der Waals surface area contributed by atoms with Gasteiger partial charge in [-0.3, -0.25) is 4.79 Å². The number of carbonyl (C=O) groups is 1. The Morgan fingerprint density at radius 3 is 1.67 bits per heavy atom. The minimum absolute atomic E-state index is 0.00651. The van der Waals surface area contributed by atoms with Crippen LogP contribution in [0.25, 0.3) is 0 Å². The van der Waals surface area contributed by atoms with E-state index in [-0.39, 0.29) is 18.7 Å². The van der Waals surface area contributed by atoms with Crippen molar-refractivity contribution in [2.45, 2.75) is 180 Å². The highest BCUT2D eigenvalue weighted by Crippen LogP contribution is 2.35. The molecule has 0 aliphatic carbocycles. The first-order valence-corrected chi connectivity index (χ1v) is 25.7. The number of rotatable bonds is 40. The first kappa shape index (κ1) is 49.7. The molecule has 1 aliphatic rings. The first-order chi connectivity index (χ1) is 25.0. The third-order valence-electron chi connectivity index (χ3n) is 9.55. The van der Waals surface area contributed by atoms with Crippen molar-refractivity contribution < 1.29 is 24.1 Å². The molecule has 304 valence electrons. The van der Waals surface area contributed by atoms with Crippen molar-refractivity contribution in [3.05, 3.63) is 0 Å². The Hall–Kier alpha value is 0.710. The zero-order valence-corrected chi connectivity index (χ0v) is 36.8. The number of carbonyl (C=O) groups excluding carboxylic acids is 1. The summed E-state index contributed by atoms with van der Waals surface area (Å²) in [6.07, 6.45) is 28.3. The lowest BCUT2D eigenvalue weighted by atomic mass is 9.99. The van der Waals surface area contributed by atoms with Crippen molar-refractivity contribution >= 4 is 53.0 Å². The summed E-state index contributed by atoms with van der Waals surface area (Å²) in [5.41, 5.74) is 0. The van der Waals surface area contributed by atoms with Crippen LogP contribution in [0.15, 0.2) is 0 Å². The second-order valence-corrected chi connectivity index (χ2v) is 19.6. The number of thioether (sulfide) groups is 4. The Bertz CT molecular complexity index is 721. The van der Waals surface area contributed by atoms with Gasteiger partial charge < -0.3 is 24.2 Å². The number of hydrogen-bond donors (Lipinski definition) is 1. The lowest BCUT2D eigenvalue weighted by Gasteiger charge is -2.28. The normalized spacial score (nSPS) is 15.7. The maximum absolute atomic E-state index is 12.3. The van der Waals surface area contributed by atoms with Crippen LogP contribution in [0.5, 0.6) is 0 Å². The summed E-state index contributed by atoms with van der Waals surface area (Å²) in [7, 11) is 2.03. The van der Waals surface area contributed by atoms with Gasteiger partial charge in [-0.05, 0) is 88.0 Å². The number of nitrogens with zero attached hydrogens (tertiary/aromatic N) is 1. The van der Waals surface area contributed by atoms with E-state index in [1.54, 1.807) is 0 Å². The van der Waals surface area contributed by atoms with E-state index in [1.807, 2.05) is 7.05 Å². The minimum atomic E-state index is -0.454. The Kier molecular flexibility index (Phi) is 36.7. The number of aliphatic hydroxyl groups is 1. The number of esters is 1. The largest absolute Gasteiger partial charge is 0.466 e. The quantitative estimate of drug-likeness (QED) is 0.0368. The van der Waals surface area contributed by atoms with Crippen LogP contribution < -0.4 is 0 Å². The Morgan fingerprint density at radius 2 is 1.16 bits per heavy atom. The topological polar surface area (TPSA) is 68.2 Å². The Labute approximate surface area is 333 Å². The molecule has 0 radical (unpaired) electrons. The van der Waals surface area contributed by atoms with E-state index in [9.17, 15) is 4.79 Å². The van der Waals surface area contributed by atoms with Gasteiger partial charge in [0.2, 0.25) is 0 Å². The zero-order chi connectivity index (χ0) is 36.9. The molecule has 10 heteroatoms. The molecule has 0 spiro atoms. The average Bonchev–Trinajstić information content (AvgIpc) is 3.53. The molecule has 1 atom stereocenters. The molecule has 0 saturated carbocycles. The highest BCUT2D eigenvalue weighted by Gasteiger charge is 2.40. The van der Waals surface area contributed by atoms with Crippen molar-refractivity contribution in [3.63, 3.8) is 0 Å². The summed E-state index contributed by atoms with van der Waals surface area (Å²) in [6.45, 7) is 7.46. The van der Waals surface area contributed by atoms with Crippen LogP contribution in [0.2, 0.25) is 0 Å². The van der Waals surface area contributed by atoms with Gasteiger partial charge in [-0.2, -0.15) is 47.0 Å². The number of hydrogen-bond acceptors (Lipinski definition) is 10. The predicted octanol–water partition coefficient (Wildman–Crippen LogP) is 11.8. The molecule has 1 aliphatic heterocycles. The lowest BCUT2D eigenvalue weighted by molar-refractivity contribution is -0.181. The van der Waals surface area contributed by atoms with Crippen molar-refractivity contribution in [2.24, 2.45) is 0 Å². The molecule has 1 fully saturated rings. The molecule has 1 unspecified atom stereocenters. The first-order valence-electron chi connectivity index (χ1n) is 21.1. The molecule has 0 bridgehead atoms. The molecule has 0 aromatic rings. The fraction of sp³-hybridized carbons (Fsp3) is 0.976. The van der Waals surface area contributed by atoms with Gasteiger partial charge in [0.25, 0.3) is 0 Å². The molecular weight excluding hydrogens is 715 g/mol. The summed E-state index contributed by atoms with van der Waals surface area (Å²) in [6, 6.07) is 0. The van der Waals surface area contributed by atoms with Crippen LogP contribution >= 0.6 is 47.0 Å². The highest BCUT2D eigenvalue weighted by molar-refractivity contribution is 8.16. The van der Waals surface area contributed by atoms with Crippen LogP contribution in [0, 0.1) is 0 Å². The molecule has 0 aromatic carbocycles. The lowest BCUT2D eigenvalue weighted by Crippen LogP contribution is -2.31. The van der Waals surface area contributed by atoms with Gasteiger partial charge in [-0.1, -0.05) is 90.9 Å². The van der Waals surface area contributed by atoms with Crippen molar-refractivity contribution in [1.29, 1.82) is 0 Å². The standard InChI is InChI=1S/C41H81NO5S4/c1-4-6-18-32-48-37-50-34-20-14-10-8-12-16-26-41(27-17-13-9-11-15-21-35-51-38-49-33-19-7-5-2)46-36-39(47-41)25-31-45-40(44)24-22-28-42(3)29-23-30-43/h39,43H,4-38H2,1-3H3. The zero-order valence-electron chi connectivity index (χ0n) is 33.5. The van der Waals surface area contributed by atoms with Crippen molar-refractivity contribution in [2.75, 3.05) is 73.1 Å². The third kappa shape index (κ3) is 31.6. The number of unbranched alkanes of at least 4 members (excludes halogenated alkanes) is 14. The van der Waals surface area contributed by atoms with Crippen LogP contribution in [0.1, 0.15) is 168 Å². The van der Waals surface area contributed by atoms with E-state index >= 15 is 0 Å². The summed E-state index contributed by atoms with van der Waals surface area (Å²) < 4.78 is 18.7. The Morgan fingerprint density at radius 1 is 0.686 bits per heavy atom. The van der Waals surface area contributed by atoms with Gasteiger partial charge in [0, 0.05) is 49.0 Å². The summed E-state index contributed by atoms with van der Waals surface area (Å²) in [5.74, 6) is 4.69. The fourth-order valence-electron chi connectivity index (χ4n) is 6.34. The van der Waals surface area contributed by atoms with Gasteiger partial charge in [0.05, 0.1) is 19.3 Å². The van der Waals surface area contributed by atoms with Crippen LogP contribution in [-0.4, -0.2) is 101 Å². The number of aliphatic hydroxyl groups excluding tert-OH is 1. The highest BCUT2D eigenvalue weighted by atomic mass is 32.2. The van der Waals surface area contributed by atoms with Crippen LogP contribution in [-0.2, 0) is 19.0 Å². The molecule has 1 N–H and O–H groups in total. The summed E-state index contributed by atoms with van der Waals surface area (Å²) >= 11 is 8.47. The van der Waals surface area contributed by atoms with Gasteiger partial charge in [-0.25, -0.2) is 0 Å². The van der Waals surface area contributed by atoms with E-state index in [0.29, 0.717) is 26.1 Å². The maximum atomic E-state index is 12.3. The predicted molar refractivity (Wildman–Crippen MR) is 231 cm³/mol. The fourth-order valence-corrected chi connectivity index (χ4v) is 10.8. The van der Waals surface area contributed by atoms with E-state index in [2.05, 4.69) is 65.8 Å². The molecule has 1 saturated heterocycles. The van der Waals surface area contributed by atoms with E-state index in [1.165, 1.54) is 136 Å². The molecule has 1 heterocycles. The van der Waals surface area contributed by atoms with Crippen LogP contribution in [0.3, 0.4) is 0 Å². The summed E-state index contributed by atoms with van der Waals surface area (Å²) in [5, 5.41) is 11.5. The van der Waals surface area contributed by atoms with Gasteiger partial charge in [-0.15, -0.1) is 0 Å². The molecule has 0 amide bonds. The van der Waals surface area contributed by atoms with Gasteiger partial charge in [0.1, 0.15) is 0 Å². The van der Waals surface area contributed by atoms with E-state index < -0.39 is 5.79 Å². The smallest absolute Gasteiger partial charge is 0.305 e. The molecule has 0 aromatic heterocycles. The van der Waals surface area contributed by atoms with E-state index in [4.69, 9.17) is 19.3 Å². The minimum Gasteiger partial charge on any atom is -0.466 e. The van der Waals surface area contributed by atoms with Gasteiger partial charge in [0.15, 0.2) is 5.79 Å². The molecule has 6 nitrogen and oxygen atoms in total. The number of ether oxygens (including phenoxy) is 3. The maximum Gasteiger partial charge on any atom is 0.305 e. The molecule has 1 rings (SSSR count). The molecule has 51 heavy (non-hydrogen) atoms. The average molecular weight is 796 g/mol. The SMILES string of the molecule is CCCCCSCSCCCCCCCCC1(CCCCCCCCSCSCCCCC)OCC(CCOC(=O)CCCN(C)CCCO)O1. The monoisotopic (exact) mass is 795 g/mol. The van der Waals surface area contributed by atoms with Gasteiger partial charge >= 0.3 is 5.97 Å². The van der Waals surface area contributed by atoms with Crippen LogP contribution in [0.4, 0.5) is 0 Å². The molecular formula is C41H81NO5S4. The third-order valence-corrected chi connectivity index (χ3v) is 14.5.